The Hall–Kier alpha value is -3.05. The van der Waals surface area contributed by atoms with Crippen molar-refractivity contribution in [1.82, 2.24) is 14.8 Å². The molecule has 0 aliphatic carbocycles. The van der Waals surface area contributed by atoms with Gasteiger partial charge in [-0.15, -0.1) is 11.3 Å². The number of carbonyl (C=O) groups is 3. The summed E-state index contributed by atoms with van der Waals surface area (Å²) in [7, 11) is 1.52. The number of nitrogens with zero attached hydrogens (tertiary/aromatic N) is 3. The van der Waals surface area contributed by atoms with Gasteiger partial charge in [0.25, 0.3) is 5.91 Å². The molecular formula is C23H29FN4O5S. The number of benzene rings is 1. The number of piperidine rings is 1. The molecule has 9 nitrogen and oxygen atoms in total. The highest BCUT2D eigenvalue weighted by molar-refractivity contribution is 7.09. The summed E-state index contributed by atoms with van der Waals surface area (Å²) in [5, 5.41) is 4.77. The van der Waals surface area contributed by atoms with Crippen molar-refractivity contribution in [3.63, 3.8) is 0 Å². The van der Waals surface area contributed by atoms with Crippen molar-refractivity contribution in [3.05, 3.63) is 46.2 Å². The van der Waals surface area contributed by atoms with Gasteiger partial charge in [-0.1, -0.05) is 12.1 Å². The molecule has 2 heterocycles. The molecular weight excluding hydrogens is 463 g/mol. The predicted molar refractivity (Wildman–Crippen MR) is 125 cm³/mol. The fourth-order valence-electron chi connectivity index (χ4n) is 3.63. The topological polar surface area (TPSA) is 101 Å². The molecule has 1 aromatic carbocycles. The molecule has 184 valence electrons. The maximum Gasteiger partial charge on any atom is 0.322 e. The highest BCUT2D eigenvalue weighted by Crippen LogP contribution is 2.22. The number of anilines is 1. The number of amides is 3. The smallest absolute Gasteiger partial charge is 0.322 e. The molecule has 0 spiro atoms. The molecule has 1 N–H and O–H groups in total. The van der Waals surface area contributed by atoms with Crippen molar-refractivity contribution < 1.29 is 28.2 Å². The Bertz CT molecular complexity index is 1000. The molecule has 1 atom stereocenters. The zero-order valence-electron chi connectivity index (χ0n) is 19.3. The number of esters is 1. The predicted octanol–water partition coefficient (Wildman–Crippen LogP) is 3.38. The van der Waals surface area contributed by atoms with Gasteiger partial charge in [-0.2, -0.15) is 0 Å². The molecule has 0 bridgehead atoms. The van der Waals surface area contributed by atoms with Gasteiger partial charge in [0.15, 0.2) is 0 Å². The van der Waals surface area contributed by atoms with Crippen molar-refractivity contribution in [1.29, 1.82) is 0 Å². The molecule has 3 rings (SSSR count). The Labute approximate surface area is 201 Å². The van der Waals surface area contributed by atoms with E-state index >= 15 is 0 Å². The normalized spacial score (nSPS) is 15.6. The summed E-state index contributed by atoms with van der Waals surface area (Å²) < 4.78 is 24.1. The van der Waals surface area contributed by atoms with Crippen LogP contribution in [0.2, 0.25) is 0 Å². The lowest BCUT2D eigenvalue weighted by molar-refractivity contribution is -0.149. The number of urea groups is 1. The van der Waals surface area contributed by atoms with E-state index in [1.165, 1.54) is 35.5 Å². The lowest BCUT2D eigenvalue weighted by Gasteiger charge is -2.31. The van der Waals surface area contributed by atoms with Gasteiger partial charge in [0, 0.05) is 32.1 Å². The molecule has 1 unspecified atom stereocenters. The average molecular weight is 493 g/mol. The van der Waals surface area contributed by atoms with Gasteiger partial charge in [-0.05, 0) is 31.9 Å². The fourth-order valence-corrected chi connectivity index (χ4v) is 4.41. The first kappa shape index (κ1) is 25.6. The van der Waals surface area contributed by atoms with Crippen LogP contribution in [-0.4, -0.2) is 72.6 Å². The maximum absolute atomic E-state index is 13.9. The third kappa shape index (κ3) is 6.73. The summed E-state index contributed by atoms with van der Waals surface area (Å²) >= 11 is 1.26. The van der Waals surface area contributed by atoms with Crippen molar-refractivity contribution in [2.75, 3.05) is 45.3 Å². The highest BCUT2D eigenvalue weighted by Gasteiger charge is 2.31. The Balaban J connectivity index is 1.65. The van der Waals surface area contributed by atoms with Gasteiger partial charge < -0.3 is 24.6 Å². The molecule has 1 saturated heterocycles. The van der Waals surface area contributed by atoms with E-state index in [0.29, 0.717) is 37.5 Å². The van der Waals surface area contributed by atoms with Gasteiger partial charge >= 0.3 is 12.0 Å². The van der Waals surface area contributed by atoms with E-state index in [9.17, 15) is 18.8 Å². The van der Waals surface area contributed by atoms with Crippen LogP contribution in [0.3, 0.4) is 0 Å². The number of hydrogen-bond donors (Lipinski definition) is 1. The molecule has 1 aromatic heterocycles. The van der Waals surface area contributed by atoms with Gasteiger partial charge in [-0.3, -0.25) is 9.59 Å². The van der Waals surface area contributed by atoms with E-state index in [-0.39, 0.29) is 48.9 Å². The van der Waals surface area contributed by atoms with Crippen molar-refractivity contribution in [2.24, 2.45) is 5.92 Å². The molecule has 11 heteroatoms. The van der Waals surface area contributed by atoms with Gasteiger partial charge in [0.05, 0.1) is 31.4 Å². The molecule has 0 radical (unpaired) electrons. The largest absolute Gasteiger partial charge is 0.466 e. The number of nitrogens with one attached hydrogen (secondary N) is 1. The second-order valence-corrected chi connectivity index (χ2v) is 8.74. The Morgan fingerprint density at radius 1 is 1.32 bits per heavy atom. The van der Waals surface area contributed by atoms with Crippen LogP contribution in [0, 0.1) is 11.7 Å². The van der Waals surface area contributed by atoms with E-state index in [0.717, 1.165) is 0 Å². The Morgan fingerprint density at radius 3 is 2.85 bits per heavy atom. The van der Waals surface area contributed by atoms with Crippen LogP contribution in [0.15, 0.2) is 29.6 Å². The van der Waals surface area contributed by atoms with Crippen LogP contribution in [0.1, 0.15) is 35.3 Å². The maximum atomic E-state index is 13.9. The van der Waals surface area contributed by atoms with E-state index < -0.39 is 11.8 Å². The number of rotatable bonds is 9. The van der Waals surface area contributed by atoms with E-state index in [2.05, 4.69) is 10.3 Å². The number of methoxy groups -OCH3 is 1. The quantitative estimate of drug-likeness (QED) is 0.539. The third-order valence-corrected chi connectivity index (χ3v) is 6.23. The van der Waals surface area contributed by atoms with E-state index in [1.54, 1.807) is 29.3 Å². The standard InChI is InChI=1S/C23H29FN4O5S/c1-3-33-22(30)16-7-6-10-27(13-16)21(29)19-15-34-20(25-19)14-28(11-12-32-2)23(31)26-18-9-5-4-8-17(18)24/h4-5,8-9,15-16H,3,6-7,10-14H2,1-2H3,(H,26,31). The number of para-hydroxylation sites is 1. The molecule has 3 amide bonds. The molecule has 0 saturated carbocycles. The summed E-state index contributed by atoms with van der Waals surface area (Å²) in [6, 6.07) is 5.41. The Morgan fingerprint density at radius 2 is 2.12 bits per heavy atom. The number of carbonyl (C=O) groups excluding carboxylic acids is 3. The van der Waals surface area contributed by atoms with E-state index in [1.807, 2.05) is 0 Å². The number of aromatic nitrogens is 1. The summed E-state index contributed by atoms with van der Waals surface area (Å²) in [6.07, 6.45) is 1.41. The first-order chi connectivity index (χ1) is 16.4. The number of halogens is 1. The average Bonchev–Trinajstić information content (AvgIpc) is 3.31. The van der Waals surface area contributed by atoms with E-state index in [4.69, 9.17) is 9.47 Å². The number of likely N-dealkylation sites (tertiary alicyclic amines) is 1. The monoisotopic (exact) mass is 492 g/mol. The summed E-state index contributed by atoms with van der Waals surface area (Å²) in [5.41, 5.74) is 0.344. The van der Waals surface area contributed by atoms with Crippen LogP contribution in [0.25, 0.3) is 0 Å². The molecule has 1 aliphatic rings. The zero-order chi connectivity index (χ0) is 24.5. The van der Waals surface area contributed by atoms with Crippen LogP contribution >= 0.6 is 11.3 Å². The lowest BCUT2D eigenvalue weighted by Crippen LogP contribution is -2.43. The zero-order valence-corrected chi connectivity index (χ0v) is 20.1. The second-order valence-electron chi connectivity index (χ2n) is 7.79. The highest BCUT2D eigenvalue weighted by atomic mass is 32.1. The second kappa shape index (κ2) is 12.4. The van der Waals surface area contributed by atoms with Crippen LogP contribution in [0.4, 0.5) is 14.9 Å². The Kier molecular flexibility index (Phi) is 9.34. The van der Waals surface area contributed by atoms with Crippen LogP contribution < -0.4 is 5.32 Å². The first-order valence-corrected chi connectivity index (χ1v) is 12.0. The third-order valence-electron chi connectivity index (χ3n) is 5.39. The van der Waals surface area contributed by atoms with Crippen LogP contribution in [0.5, 0.6) is 0 Å². The fraction of sp³-hybridized carbons (Fsp3) is 0.478. The van der Waals surface area contributed by atoms with Crippen molar-refractivity contribution in [3.8, 4) is 0 Å². The van der Waals surface area contributed by atoms with Gasteiger partial charge in [0.1, 0.15) is 16.5 Å². The molecule has 1 aliphatic heterocycles. The van der Waals surface area contributed by atoms with Crippen molar-refractivity contribution in [2.45, 2.75) is 26.3 Å². The summed E-state index contributed by atoms with van der Waals surface area (Å²) in [5.74, 6) is -1.40. The first-order valence-electron chi connectivity index (χ1n) is 11.1. The summed E-state index contributed by atoms with van der Waals surface area (Å²) in [4.78, 5) is 45.3. The SMILES string of the molecule is CCOC(=O)C1CCCN(C(=O)c2csc(CN(CCOC)C(=O)Nc3ccccc3F)n2)C1. The van der Waals surface area contributed by atoms with Crippen molar-refractivity contribution >= 4 is 34.9 Å². The number of ether oxygens (including phenoxy) is 2. The minimum atomic E-state index is -0.535. The number of thiazole rings is 1. The minimum Gasteiger partial charge on any atom is -0.466 e. The molecule has 2 aromatic rings. The minimum absolute atomic E-state index is 0.0752. The lowest BCUT2D eigenvalue weighted by atomic mass is 9.98. The van der Waals surface area contributed by atoms with Gasteiger partial charge in [0.2, 0.25) is 0 Å². The van der Waals surface area contributed by atoms with Crippen LogP contribution in [-0.2, 0) is 20.8 Å². The van der Waals surface area contributed by atoms with Gasteiger partial charge in [-0.25, -0.2) is 14.2 Å². The molecule has 1 fully saturated rings. The molecule has 34 heavy (non-hydrogen) atoms. The number of hydrogen-bond acceptors (Lipinski definition) is 7. The summed E-state index contributed by atoms with van der Waals surface area (Å²) in [6.45, 7) is 3.59.